The molecule has 1 saturated heterocycles. The molecule has 0 N–H and O–H groups in total. The Morgan fingerprint density at radius 1 is 1.23 bits per heavy atom. The van der Waals surface area contributed by atoms with Gasteiger partial charge < -0.3 is 19.3 Å². The number of amides is 1. The van der Waals surface area contributed by atoms with Crippen molar-refractivity contribution >= 4 is 17.7 Å². The van der Waals surface area contributed by atoms with Crippen LogP contribution < -0.4 is 9.64 Å². The van der Waals surface area contributed by atoms with E-state index < -0.39 is 5.82 Å². The fraction of sp³-hybridized carbons (Fsp3) is 0.375. The lowest BCUT2D eigenvalue weighted by Crippen LogP contribution is -2.35. The van der Waals surface area contributed by atoms with Gasteiger partial charge in [-0.15, -0.1) is 0 Å². The number of anilines is 1. The summed E-state index contributed by atoms with van der Waals surface area (Å²) < 4.78 is 24.6. The van der Waals surface area contributed by atoms with Gasteiger partial charge in [-0.25, -0.2) is 4.39 Å². The highest BCUT2D eigenvalue weighted by Crippen LogP contribution is 2.20. The average Bonchev–Trinajstić information content (AvgIpc) is 3.25. The molecule has 0 aromatic heterocycles. The molecule has 5 nitrogen and oxygen atoms in total. The first-order valence-corrected chi connectivity index (χ1v) is 10.1. The molecule has 0 unspecified atom stereocenters. The van der Waals surface area contributed by atoms with Crippen molar-refractivity contribution < 1.29 is 18.7 Å². The summed E-state index contributed by atoms with van der Waals surface area (Å²) in [5, 5.41) is 0. The summed E-state index contributed by atoms with van der Waals surface area (Å²) in [5.74, 6) is -0.401. The van der Waals surface area contributed by atoms with Crippen molar-refractivity contribution in [3.05, 3.63) is 65.5 Å². The van der Waals surface area contributed by atoms with Gasteiger partial charge in [-0.3, -0.25) is 4.79 Å². The average molecular weight is 413 g/mol. The molecule has 0 radical (unpaired) electrons. The first-order chi connectivity index (χ1) is 14.5. The van der Waals surface area contributed by atoms with E-state index in [1.807, 2.05) is 43.3 Å². The second kappa shape index (κ2) is 10.3. The number of halogens is 1. The number of carbonyl (C=O) groups is 1. The first-order valence-electron chi connectivity index (χ1n) is 10.1. The highest BCUT2D eigenvalue weighted by Gasteiger charge is 2.21. The molecule has 160 valence electrons. The van der Waals surface area contributed by atoms with Crippen molar-refractivity contribution in [2.75, 3.05) is 39.3 Å². The van der Waals surface area contributed by atoms with E-state index in [1.165, 1.54) is 19.3 Å². The van der Waals surface area contributed by atoms with E-state index in [0.717, 1.165) is 30.7 Å². The Hall–Kier alpha value is -2.86. The van der Waals surface area contributed by atoms with E-state index in [9.17, 15) is 9.18 Å². The maximum Gasteiger partial charge on any atom is 0.246 e. The molecule has 0 saturated carbocycles. The quantitative estimate of drug-likeness (QED) is 0.612. The van der Waals surface area contributed by atoms with Crippen molar-refractivity contribution in [3.63, 3.8) is 0 Å². The number of hydrogen-bond donors (Lipinski definition) is 0. The summed E-state index contributed by atoms with van der Waals surface area (Å²) in [7, 11) is 5.41. The minimum absolute atomic E-state index is 0.0572. The topological polar surface area (TPSA) is 42.0 Å². The van der Waals surface area contributed by atoms with Crippen molar-refractivity contribution in [1.29, 1.82) is 0 Å². The number of nitrogens with zero attached hydrogens (tertiary/aromatic N) is 2. The Morgan fingerprint density at radius 2 is 2.00 bits per heavy atom. The van der Waals surface area contributed by atoms with Gasteiger partial charge in [0, 0.05) is 45.6 Å². The van der Waals surface area contributed by atoms with Crippen LogP contribution in [0.3, 0.4) is 0 Å². The van der Waals surface area contributed by atoms with Crippen LogP contribution >= 0.6 is 0 Å². The summed E-state index contributed by atoms with van der Waals surface area (Å²) in [6.07, 6.45) is 5.15. The lowest BCUT2D eigenvalue weighted by molar-refractivity contribution is -0.128. The normalized spacial score (nSPS) is 16.1. The van der Waals surface area contributed by atoms with E-state index in [-0.39, 0.29) is 17.8 Å². The van der Waals surface area contributed by atoms with E-state index in [0.29, 0.717) is 18.7 Å². The van der Waals surface area contributed by atoms with Crippen LogP contribution in [0.25, 0.3) is 6.08 Å². The smallest absolute Gasteiger partial charge is 0.246 e. The predicted molar refractivity (Wildman–Crippen MR) is 117 cm³/mol. The minimum atomic E-state index is -0.454. The van der Waals surface area contributed by atoms with E-state index >= 15 is 0 Å². The third-order valence-electron chi connectivity index (χ3n) is 5.18. The largest absolute Gasteiger partial charge is 0.494 e. The molecule has 2 aromatic rings. The van der Waals surface area contributed by atoms with Crippen molar-refractivity contribution in [1.82, 2.24) is 4.90 Å². The molecule has 1 fully saturated rings. The van der Waals surface area contributed by atoms with Gasteiger partial charge in [0.05, 0.1) is 13.2 Å². The first kappa shape index (κ1) is 21.8. The Morgan fingerprint density at radius 3 is 2.60 bits per heavy atom. The third kappa shape index (κ3) is 5.83. The maximum absolute atomic E-state index is 13.9. The number of hydrogen-bond acceptors (Lipinski definition) is 4. The Balaban J connectivity index is 1.73. The summed E-state index contributed by atoms with van der Waals surface area (Å²) in [5.41, 5.74) is 2.77. The number of carbonyl (C=O) groups excluding carboxylic acids is 1. The van der Waals surface area contributed by atoms with Crippen LogP contribution in [-0.2, 0) is 16.1 Å². The molecular formula is C24H29FN2O3. The highest BCUT2D eigenvalue weighted by atomic mass is 19.1. The van der Waals surface area contributed by atoms with Gasteiger partial charge >= 0.3 is 0 Å². The Kier molecular flexibility index (Phi) is 7.46. The van der Waals surface area contributed by atoms with E-state index in [4.69, 9.17) is 9.47 Å². The highest BCUT2D eigenvalue weighted by molar-refractivity contribution is 5.91. The minimum Gasteiger partial charge on any atom is -0.494 e. The molecule has 1 atom stereocenters. The van der Waals surface area contributed by atoms with Crippen LogP contribution in [-0.4, -0.2) is 51.3 Å². The summed E-state index contributed by atoms with van der Waals surface area (Å²) in [4.78, 5) is 16.8. The molecule has 3 rings (SSSR count). The Bertz CT molecular complexity index is 875. The van der Waals surface area contributed by atoms with Crippen LogP contribution in [0.4, 0.5) is 10.1 Å². The van der Waals surface area contributed by atoms with Crippen molar-refractivity contribution in [3.8, 4) is 5.75 Å². The summed E-state index contributed by atoms with van der Waals surface area (Å²) in [6.45, 7) is 1.77. The van der Waals surface area contributed by atoms with E-state index in [2.05, 4.69) is 0 Å². The second-order valence-corrected chi connectivity index (χ2v) is 7.64. The molecule has 0 spiro atoms. The van der Waals surface area contributed by atoms with Crippen LogP contribution in [0.5, 0.6) is 5.75 Å². The van der Waals surface area contributed by atoms with Gasteiger partial charge in [0.2, 0.25) is 5.91 Å². The number of ether oxygens (including phenoxy) is 2. The lowest BCUT2D eigenvalue weighted by atomic mass is 10.1. The molecule has 2 aromatic carbocycles. The van der Waals surface area contributed by atoms with Gasteiger partial charge in [-0.2, -0.15) is 0 Å². The van der Waals surface area contributed by atoms with Crippen LogP contribution in [0, 0.1) is 5.82 Å². The van der Waals surface area contributed by atoms with Gasteiger partial charge in [0.15, 0.2) is 11.6 Å². The third-order valence-corrected chi connectivity index (χ3v) is 5.18. The number of rotatable bonds is 8. The zero-order valence-electron chi connectivity index (χ0n) is 17.8. The monoisotopic (exact) mass is 412 g/mol. The molecular weight excluding hydrogens is 383 g/mol. The predicted octanol–water partition coefficient (Wildman–Crippen LogP) is 4.12. The zero-order chi connectivity index (χ0) is 21.5. The SMILES string of the molecule is COc1ccc(/C=C/C(=O)N(Cc2ccc(N(C)C)cc2)C[C@@H]2CCCO2)cc1F. The molecule has 6 heteroatoms. The zero-order valence-corrected chi connectivity index (χ0v) is 17.8. The van der Waals surface area contributed by atoms with Crippen molar-refractivity contribution in [2.24, 2.45) is 0 Å². The van der Waals surface area contributed by atoms with Gasteiger partial charge in [0.25, 0.3) is 0 Å². The maximum atomic E-state index is 13.9. The lowest BCUT2D eigenvalue weighted by Gasteiger charge is -2.25. The molecule has 1 amide bonds. The second-order valence-electron chi connectivity index (χ2n) is 7.64. The number of benzene rings is 2. The van der Waals surface area contributed by atoms with Crippen LogP contribution in [0.2, 0.25) is 0 Å². The van der Waals surface area contributed by atoms with Gasteiger partial charge in [-0.05, 0) is 54.3 Å². The van der Waals surface area contributed by atoms with Crippen LogP contribution in [0.1, 0.15) is 24.0 Å². The molecule has 0 aliphatic carbocycles. The molecule has 1 aliphatic rings. The molecule has 1 aliphatic heterocycles. The molecule has 30 heavy (non-hydrogen) atoms. The van der Waals surface area contributed by atoms with E-state index in [1.54, 1.807) is 23.1 Å². The summed E-state index contributed by atoms with van der Waals surface area (Å²) >= 11 is 0. The summed E-state index contributed by atoms with van der Waals surface area (Å²) in [6, 6.07) is 12.8. The van der Waals surface area contributed by atoms with Gasteiger partial charge in [0.1, 0.15) is 0 Å². The Labute approximate surface area is 177 Å². The van der Waals surface area contributed by atoms with Crippen LogP contribution in [0.15, 0.2) is 48.5 Å². The fourth-order valence-corrected chi connectivity index (χ4v) is 3.45. The number of methoxy groups -OCH3 is 1. The standard InChI is InChI=1S/C24H29FN2O3/c1-26(2)20-10-6-19(7-11-20)16-27(17-21-5-4-14-30-21)24(28)13-9-18-8-12-23(29-3)22(25)15-18/h6-13,15,21H,4-5,14,16-17H2,1-3H3/b13-9+/t21-/m0/s1. The van der Waals surface area contributed by atoms with Gasteiger partial charge in [-0.1, -0.05) is 18.2 Å². The fourth-order valence-electron chi connectivity index (χ4n) is 3.45. The molecule has 1 heterocycles. The van der Waals surface area contributed by atoms with Crippen molar-refractivity contribution in [2.45, 2.75) is 25.5 Å². The molecule has 0 bridgehead atoms.